The molecule has 0 saturated heterocycles. The second kappa shape index (κ2) is 4.75. The number of hydrogen-bond donors (Lipinski definition) is 2. The summed E-state index contributed by atoms with van der Waals surface area (Å²) in [6.45, 7) is 0. The smallest absolute Gasteiger partial charge is 0.272 e. The summed E-state index contributed by atoms with van der Waals surface area (Å²) in [4.78, 5) is 23.0. The van der Waals surface area contributed by atoms with E-state index < -0.39 is 5.91 Å². The molecule has 0 fully saturated rings. The molecular formula is C13H13N3O2. The number of carbonyl (C=O) groups excluding carboxylic acids is 2. The van der Waals surface area contributed by atoms with Crippen molar-refractivity contribution in [1.29, 1.82) is 0 Å². The van der Waals surface area contributed by atoms with Gasteiger partial charge in [-0.2, -0.15) is 0 Å². The number of anilines is 1. The van der Waals surface area contributed by atoms with E-state index in [9.17, 15) is 9.59 Å². The van der Waals surface area contributed by atoms with E-state index in [0.29, 0.717) is 16.9 Å². The number of primary amides is 1. The van der Waals surface area contributed by atoms with E-state index >= 15 is 0 Å². The van der Waals surface area contributed by atoms with Gasteiger partial charge >= 0.3 is 0 Å². The molecular weight excluding hydrogens is 230 g/mol. The average molecular weight is 243 g/mol. The molecule has 0 atom stereocenters. The van der Waals surface area contributed by atoms with Crippen molar-refractivity contribution in [2.45, 2.75) is 0 Å². The Morgan fingerprint density at radius 2 is 2.00 bits per heavy atom. The van der Waals surface area contributed by atoms with E-state index in [4.69, 9.17) is 5.73 Å². The van der Waals surface area contributed by atoms with Crippen molar-refractivity contribution < 1.29 is 9.59 Å². The zero-order valence-electron chi connectivity index (χ0n) is 9.88. The molecule has 5 nitrogen and oxygen atoms in total. The third-order valence-corrected chi connectivity index (χ3v) is 2.58. The maximum atomic E-state index is 11.9. The predicted octanol–water partition coefficient (Wildman–Crippen LogP) is 1.38. The lowest BCUT2D eigenvalue weighted by Gasteiger charge is -2.06. The van der Waals surface area contributed by atoms with Gasteiger partial charge in [-0.1, -0.05) is 6.07 Å². The van der Waals surface area contributed by atoms with Crippen LogP contribution in [-0.4, -0.2) is 16.4 Å². The lowest BCUT2D eigenvalue weighted by Crippen LogP contribution is -2.16. The Bertz CT molecular complexity index is 602. The fourth-order valence-corrected chi connectivity index (χ4v) is 1.64. The van der Waals surface area contributed by atoms with Crippen molar-refractivity contribution in [1.82, 2.24) is 4.57 Å². The van der Waals surface area contributed by atoms with Gasteiger partial charge in [0, 0.05) is 24.5 Å². The lowest BCUT2D eigenvalue weighted by atomic mass is 10.2. The van der Waals surface area contributed by atoms with E-state index in [1.807, 2.05) is 0 Å². The number of rotatable bonds is 3. The molecule has 1 aromatic heterocycles. The predicted molar refractivity (Wildman–Crippen MR) is 68.3 cm³/mol. The molecule has 0 aliphatic heterocycles. The average Bonchev–Trinajstić information content (AvgIpc) is 2.76. The maximum Gasteiger partial charge on any atom is 0.272 e. The minimum atomic E-state index is -0.523. The summed E-state index contributed by atoms with van der Waals surface area (Å²) in [5, 5.41) is 2.71. The van der Waals surface area contributed by atoms with Crippen LogP contribution in [0.25, 0.3) is 0 Å². The van der Waals surface area contributed by atoms with Crippen LogP contribution in [0.4, 0.5) is 5.69 Å². The van der Waals surface area contributed by atoms with Gasteiger partial charge in [0.15, 0.2) is 0 Å². The number of hydrogen-bond acceptors (Lipinski definition) is 2. The number of nitrogens with one attached hydrogen (secondary N) is 1. The van der Waals surface area contributed by atoms with Gasteiger partial charge in [0.2, 0.25) is 5.91 Å². The number of nitrogens with zero attached hydrogens (tertiary/aromatic N) is 1. The summed E-state index contributed by atoms with van der Waals surface area (Å²) in [7, 11) is 1.79. The molecule has 0 aliphatic carbocycles. The fraction of sp³-hybridized carbons (Fsp3) is 0.0769. The van der Waals surface area contributed by atoms with Crippen molar-refractivity contribution >= 4 is 17.5 Å². The lowest BCUT2D eigenvalue weighted by molar-refractivity contribution is 0.0995. The van der Waals surface area contributed by atoms with Crippen LogP contribution >= 0.6 is 0 Å². The highest BCUT2D eigenvalue weighted by molar-refractivity contribution is 6.04. The van der Waals surface area contributed by atoms with Crippen LogP contribution in [0, 0.1) is 0 Å². The minimum Gasteiger partial charge on any atom is -0.366 e. The first-order valence-corrected chi connectivity index (χ1v) is 5.40. The zero-order chi connectivity index (χ0) is 13.1. The molecule has 92 valence electrons. The van der Waals surface area contributed by atoms with E-state index in [0.717, 1.165) is 0 Å². The van der Waals surface area contributed by atoms with Gasteiger partial charge in [0.05, 0.1) is 0 Å². The Kier molecular flexibility index (Phi) is 3.14. The molecule has 5 heteroatoms. The first kappa shape index (κ1) is 11.9. The summed E-state index contributed by atoms with van der Waals surface area (Å²) in [6, 6.07) is 10.0. The van der Waals surface area contributed by atoms with Gasteiger partial charge in [-0.05, 0) is 30.3 Å². The van der Waals surface area contributed by atoms with Crippen molar-refractivity contribution in [3.63, 3.8) is 0 Å². The van der Waals surface area contributed by atoms with Crippen LogP contribution in [0.5, 0.6) is 0 Å². The highest BCUT2D eigenvalue weighted by atomic mass is 16.2. The summed E-state index contributed by atoms with van der Waals surface area (Å²) in [6.07, 6.45) is 1.79. The molecule has 1 aromatic carbocycles. The number of amides is 2. The summed E-state index contributed by atoms with van der Waals surface area (Å²) in [5.41, 5.74) is 6.62. The summed E-state index contributed by atoms with van der Waals surface area (Å²) >= 11 is 0. The number of aryl methyl sites for hydroxylation is 1. The summed E-state index contributed by atoms with van der Waals surface area (Å²) in [5.74, 6) is -0.755. The van der Waals surface area contributed by atoms with E-state index in [1.165, 1.54) is 0 Å². The number of aromatic nitrogens is 1. The molecule has 2 aromatic rings. The Hall–Kier alpha value is -2.56. The van der Waals surface area contributed by atoms with Gasteiger partial charge in [0.1, 0.15) is 5.69 Å². The summed E-state index contributed by atoms with van der Waals surface area (Å²) < 4.78 is 1.72. The molecule has 0 radical (unpaired) electrons. The van der Waals surface area contributed by atoms with E-state index in [-0.39, 0.29) is 5.91 Å². The molecule has 0 unspecified atom stereocenters. The zero-order valence-corrected chi connectivity index (χ0v) is 9.88. The number of carbonyl (C=O) groups is 2. The van der Waals surface area contributed by atoms with Crippen LogP contribution in [0.15, 0.2) is 42.6 Å². The van der Waals surface area contributed by atoms with Gasteiger partial charge in [-0.15, -0.1) is 0 Å². The Balaban J connectivity index is 2.20. The fourth-order valence-electron chi connectivity index (χ4n) is 1.64. The molecule has 0 saturated carbocycles. The Morgan fingerprint density at radius 3 is 2.61 bits per heavy atom. The van der Waals surface area contributed by atoms with Crippen LogP contribution in [0.3, 0.4) is 0 Å². The van der Waals surface area contributed by atoms with Crippen molar-refractivity contribution in [3.05, 3.63) is 53.9 Å². The first-order valence-electron chi connectivity index (χ1n) is 5.40. The van der Waals surface area contributed by atoms with Gasteiger partial charge in [-0.25, -0.2) is 0 Å². The van der Waals surface area contributed by atoms with Crippen LogP contribution in [0.1, 0.15) is 20.8 Å². The molecule has 0 spiro atoms. The largest absolute Gasteiger partial charge is 0.366 e. The van der Waals surface area contributed by atoms with Crippen molar-refractivity contribution in [2.75, 3.05) is 5.32 Å². The molecule has 0 aliphatic rings. The minimum absolute atomic E-state index is 0.232. The van der Waals surface area contributed by atoms with E-state index in [1.54, 1.807) is 54.2 Å². The van der Waals surface area contributed by atoms with Crippen molar-refractivity contribution in [3.8, 4) is 0 Å². The molecule has 0 bridgehead atoms. The molecule has 2 amide bonds. The number of benzene rings is 1. The topological polar surface area (TPSA) is 77.1 Å². The highest BCUT2D eigenvalue weighted by Gasteiger charge is 2.09. The number of nitrogens with two attached hydrogens (primary N) is 1. The third kappa shape index (κ3) is 2.40. The van der Waals surface area contributed by atoms with Crippen LogP contribution < -0.4 is 11.1 Å². The van der Waals surface area contributed by atoms with Gasteiger partial charge in [-0.3, -0.25) is 9.59 Å². The standard InChI is InChI=1S/C13H13N3O2/c1-16-7-3-6-11(16)13(18)15-10-5-2-4-9(8-10)12(14)17/h2-8H,1H3,(H2,14,17)(H,15,18). The molecule has 18 heavy (non-hydrogen) atoms. The SMILES string of the molecule is Cn1cccc1C(=O)Nc1cccc(C(N)=O)c1. The van der Waals surface area contributed by atoms with Gasteiger partial charge < -0.3 is 15.6 Å². The van der Waals surface area contributed by atoms with E-state index in [2.05, 4.69) is 5.32 Å². The molecule has 1 heterocycles. The Labute approximate surface area is 104 Å². The molecule has 2 rings (SSSR count). The van der Waals surface area contributed by atoms with Gasteiger partial charge in [0.25, 0.3) is 5.91 Å². The second-order valence-electron chi connectivity index (χ2n) is 3.90. The monoisotopic (exact) mass is 243 g/mol. The first-order chi connectivity index (χ1) is 8.58. The highest BCUT2D eigenvalue weighted by Crippen LogP contribution is 2.12. The van der Waals surface area contributed by atoms with Crippen LogP contribution in [-0.2, 0) is 7.05 Å². The second-order valence-corrected chi connectivity index (χ2v) is 3.90. The quantitative estimate of drug-likeness (QED) is 0.854. The van der Waals surface area contributed by atoms with Crippen LogP contribution in [0.2, 0.25) is 0 Å². The third-order valence-electron chi connectivity index (χ3n) is 2.58. The Morgan fingerprint density at radius 1 is 1.22 bits per heavy atom. The maximum absolute atomic E-state index is 11.9. The van der Waals surface area contributed by atoms with Crippen molar-refractivity contribution in [2.24, 2.45) is 12.8 Å². The normalized spacial score (nSPS) is 10.1. The molecule has 3 N–H and O–H groups in total.